The Morgan fingerprint density at radius 1 is 1.24 bits per heavy atom. The van der Waals surface area contributed by atoms with Crippen LogP contribution in [0, 0.1) is 11.8 Å². The van der Waals surface area contributed by atoms with E-state index in [0.29, 0.717) is 17.1 Å². The highest BCUT2D eigenvalue weighted by Gasteiger charge is 2.29. The van der Waals surface area contributed by atoms with Crippen LogP contribution in [0.3, 0.4) is 0 Å². The van der Waals surface area contributed by atoms with Gasteiger partial charge in [-0.1, -0.05) is 5.21 Å². The highest BCUT2D eigenvalue weighted by atomic mass is 16.5. The molecule has 0 aliphatic heterocycles. The summed E-state index contributed by atoms with van der Waals surface area (Å²) in [7, 11) is 0. The van der Waals surface area contributed by atoms with Gasteiger partial charge in [-0.2, -0.15) is 4.68 Å². The molecule has 0 unspecified atom stereocenters. The number of ether oxygens (including phenoxy) is 1. The fourth-order valence-electron chi connectivity index (χ4n) is 3.82. The van der Waals surface area contributed by atoms with Crippen molar-refractivity contribution in [2.75, 3.05) is 0 Å². The molecule has 152 valence electrons. The second kappa shape index (κ2) is 7.42. The molecule has 0 spiro atoms. The van der Waals surface area contributed by atoms with E-state index in [1.54, 1.807) is 10.9 Å². The molecule has 1 amide bonds. The van der Waals surface area contributed by atoms with Gasteiger partial charge < -0.3 is 10.5 Å². The lowest BCUT2D eigenvalue weighted by atomic mass is 10.0. The Kier molecular flexibility index (Phi) is 4.94. The minimum Gasteiger partial charge on any atom is -0.488 e. The summed E-state index contributed by atoms with van der Waals surface area (Å²) in [5, 5.41) is 8.42. The molecule has 1 fully saturated rings. The van der Waals surface area contributed by atoms with Crippen LogP contribution >= 0.6 is 0 Å². The lowest BCUT2D eigenvalue weighted by molar-refractivity contribution is -0.121. The molecular weight excluding hydrogens is 368 g/mol. The summed E-state index contributed by atoms with van der Waals surface area (Å²) in [5.41, 5.74) is 7.36. The molecule has 8 heteroatoms. The van der Waals surface area contributed by atoms with Crippen molar-refractivity contribution in [3.8, 4) is 11.4 Å². The fourth-order valence-corrected chi connectivity index (χ4v) is 3.82. The zero-order valence-corrected chi connectivity index (χ0v) is 17.0. The number of carbonyl (C=O) groups is 1. The standard InChI is InChI=1S/C21H26N6O2/c1-21(2,3)29-16-8-6-15(7-9-16)27-20-17(25-26-27)12-23-18(24-20)11-13-4-5-14(10-13)19(22)28/h6-9,12-14H,4-5,10-11H2,1-3H3,(H2,22,28)/t13-,14-/m1/s1. The molecule has 29 heavy (non-hydrogen) atoms. The highest BCUT2D eigenvalue weighted by Crippen LogP contribution is 2.32. The summed E-state index contributed by atoms with van der Waals surface area (Å²) >= 11 is 0. The van der Waals surface area contributed by atoms with Crippen molar-refractivity contribution >= 4 is 17.1 Å². The maximum atomic E-state index is 11.4. The fraction of sp³-hybridized carbons (Fsp3) is 0.476. The minimum atomic E-state index is -0.253. The predicted octanol–water partition coefficient (Wildman–Crippen LogP) is 2.83. The van der Waals surface area contributed by atoms with Gasteiger partial charge >= 0.3 is 0 Å². The van der Waals surface area contributed by atoms with Gasteiger partial charge in [-0.15, -0.1) is 5.10 Å². The van der Waals surface area contributed by atoms with Crippen LogP contribution in [0.5, 0.6) is 5.75 Å². The van der Waals surface area contributed by atoms with Crippen molar-refractivity contribution in [3.63, 3.8) is 0 Å². The van der Waals surface area contributed by atoms with Crippen LogP contribution < -0.4 is 10.5 Å². The first-order chi connectivity index (χ1) is 13.8. The van der Waals surface area contributed by atoms with Gasteiger partial charge in [-0.3, -0.25) is 4.79 Å². The van der Waals surface area contributed by atoms with Gasteiger partial charge in [0, 0.05) is 12.3 Å². The number of rotatable bonds is 5. The minimum absolute atomic E-state index is 0.0234. The first-order valence-corrected chi connectivity index (χ1v) is 9.94. The Labute approximate surface area is 169 Å². The van der Waals surface area contributed by atoms with Crippen molar-refractivity contribution in [2.45, 2.75) is 52.1 Å². The van der Waals surface area contributed by atoms with Crippen molar-refractivity contribution in [2.24, 2.45) is 17.6 Å². The third-order valence-electron chi connectivity index (χ3n) is 5.16. The third-order valence-corrected chi connectivity index (χ3v) is 5.16. The summed E-state index contributed by atoms with van der Waals surface area (Å²) in [6.45, 7) is 6.04. The Morgan fingerprint density at radius 3 is 2.66 bits per heavy atom. The Morgan fingerprint density at radius 2 is 2.00 bits per heavy atom. The molecule has 1 aromatic carbocycles. The largest absolute Gasteiger partial charge is 0.488 e. The number of nitrogens with two attached hydrogens (primary N) is 1. The first kappa shape index (κ1) is 19.3. The molecule has 2 aromatic heterocycles. The number of primary amides is 1. The number of hydrogen-bond donors (Lipinski definition) is 1. The van der Waals surface area contributed by atoms with E-state index in [9.17, 15) is 4.79 Å². The Balaban J connectivity index is 1.55. The van der Waals surface area contributed by atoms with Crippen LogP contribution in [0.25, 0.3) is 16.9 Å². The average Bonchev–Trinajstić information content (AvgIpc) is 3.28. The van der Waals surface area contributed by atoms with Crippen LogP contribution in [0.1, 0.15) is 45.9 Å². The highest BCUT2D eigenvalue weighted by molar-refractivity contribution is 5.76. The van der Waals surface area contributed by atoms with Gasteiger partial charge in [0.2, 0.25) is 5.91 Å². The van der Waals surface area contributed by atoms with Crippen molar-refractivity contribution in [3.05, 3.63) is 36.3 Å². The normalized spacial score (nSPS) is 19.6. The van der Waals surface area contributed by atoms with Crippen molar-refractivity contribution in [1.29, 1.82) is 0 Å². The molecule has 3 aromatic rings. The van der Waals surface area contributed by atoms with E-state index in [1.165, 1.54) is 0 Å². The van der Waals surface area contributed by atoms with E-state index in [1.807, 2.05) is 45.0 Å². The molecule has 4 rings (SSSR count). The topological polar surface area (TPSA) is 109 Å². The van der Waals surface area contributed by atoms with E-state index >= 15 is 0 Å². The number of aromatic nitrogens is 5. The number of amides is 1. The van der Waals surface area contributed by atoms with Gasteiger partial charge in [0.1, 0.15) is 17.2 Å². The van der Waals surface area contributed by atoms with Gasteiger partial charge in [-0.25, -0.2) is 9.97 Å². The molecular formula is C21H26N6O2. The number of carbonyl (C=O) groups excluding carboxylic acids is 1. The summed E-state index contributed by atoms with van der Waals surface area (Å²) < 4.78 is 7.59. The van der Waals surface area contributed by atoms with Crippen LogP contribution in [-0.2, 0) is 11.2 Å². The molecule has 1 aliphatic carbocycles. The second-order valence-corrected chi connectivity index (χ2v) is 8.69. The smallest absolute Gasteiger partial charge is 0.220 e. The Bertz CT molecular complexity index is 1020. The van der Waals surface area contributed by atoms with Gasteiger partial charge in [0.05, 0.1) is 11.9 Å². The van der Waals surface area contributed by atoms with E-state index in [4.69, 9.17) is 15.5 Å². The summed E-state index contributed by atoms with van der Waals surface area (Å²) in [6.07, 6.45) is 5.07. The molecule has 8 nitrogen and oxygen atoms in total. The SMILES string of the molecule is CC(C)(C)Oc1ccc(-n2nnc3cnc(C[C@@H]4CC[C@@H](C(N)=O)C4)nc32)cc1. The van der Waals surface area contributed by atoms with Crippen molar-refractivity contribution in [1.82, 2.24) is 25.0 Å². The monoisotopic (exact) mass is 394 g/mol. The third kappa shape index (κ3) is 4.36. The zero-order chi connectivity index (χ0) is 20.6. The maximum Gasteiger partial charge on any atom is 0.220 e. The lowest BCUT2D eigenvalue weighted by Gasteiger charge is -2.21. The average molecular weight is 394 g/mol. The van der Waals surface area contributed by atoms with Crippen LogP contribution in [0.2, 0.25) is 0 Å². The molecule has 2 atom stereocenters. The van der Waals surface area contributed by atoms with Crippen LogP contribution in [0.4, 0.5) is 0 Å². The lowest BCUT2D eigenvalue weighted by Crippen LogP contribution is -2.22. The predicted molar refractivity (Wildman–Crippen MR) is 109 cm³/mol. The number of fused-ring (bicyclic) bond motifs is 1. The van der Waals surface area contributed by atoms with Crippen LogP contribution in [-0.4, -0.2) is 36.5 Å². The molecule has 0 radical (unpaired) electrons. The van der Waals surface area contributed by atoms with Gasteiger partial charge in [-0.05, 0) is 70.2 Å². The number of benzene rings is 1. The Hall–Kier alpha value is -3.03. The van der Waals surface area contributed by atoms with E-state index in [-0.39, 0.29) is 17.4 Å². The summed E-state index contributed by atoms with van der Waals surface area (Å²) in [6, 6.07) is 7.70. The quantitative estimate of drug-likeness (QED) is 0.713. The van der Waals surface area contributed by atoms with Crippen molar-refractivity contribution < 1.29 is 9.53 Å². The second-order valence-electron chi connectivity index (χ2n) is 8.69. The molecule has 1 saturated carbocycles. The molecule has 0 bridgehead atoms. The maximum absolute atomic E-state index is 11.4. The summed E-state index contributed by atoms with van der Waals surface area (Å²) in [5.74, 6) is 1.69. The molecule has 2 N–H and O–H groups in total. The summed E-state index contributed by atoms with van der Waals surface area (Å²) in [4.78, 5) is 20.5. The molecule has 1 aliphatic rings. The molecule has 0 saturated heterocycles. The van der Waals surface area contributed by atoms with E-state index < -0.39 is 0 Å². The number of nitrogens with zero attached hydrogens (tertiary/aromatic N) is 5. The van der Waals surface area contributed by atoms with Crippen LogP contribution in [0.15, 0.2) is 30.5 Å². The van der Waals surface area contributed by atoms with Gasteiger partial charge in [0.15, 0.2) is 11.2 Å². The number of hydrogen-bond acceptors (Lipinski definition) is 6. The van der Waals surface area contributed by atoms with E-state index in [0.717, 1.165) is 42.9 Å². The van der Waals surface area contributed by atoms with Gasteiger partial charge in [0.25, 0.3) is 0 Å². The van der Waals surface area contributed by atoms with E-state index in [2.05, 4.69) is 15.3 Å². The molecule has 2 heterocycles. The first-order valence-electron chi connectivity index (χ1n) is 9.94. The zero-order valence-electron chi connectivity index (χ0n) is 17.0.